The molecule has 1 aliphatic rings. The van der Waals surface area contributed by atoms with Gasteiger partial charge < -0.3 is 5.32 Å². The topological polar surface area (TPSA) is 48.2 Å². The fraction of sp³-hybridized carbons (Fsp3) is 0.333. The number of amidine groups is 1. The number of benzene rings is 1. The molecule has 88 valence electrons. The highest BCUT2D eigenvalue weighted by Crippen LogP contribution is 2.27. The zero-order valence-corrected chi connectivity index (χ0v) is 11.0. The lowest BCUT2D eigenvalue weighted by atomic mass is 10.2. The van der Waals surface area contributed by atoms with Gasteiger partial charge in [0.25, 0.3) is 0 Å². The van der Waals surface area contributed by atoms with Crippen molar-refractivity contribution in [3.05, 3.63) is 28.8 Å². The summed E-state index contributed by atoms with van der Waals surface area (Å²) >= 11 is 7.78. The third-order valence-electron chi connectivity index (χ3n) is 2.52. The molecule has 0 saturated carbocycles. The molecule has 0 amide bonds. The van der Waals surface area contributed by atoms with E-state index in [0.29, 0.717) is 16.6 Å². The minimum absolute atomic E-state index is 0.402. The van der Waals surface area contributed by atoms with Crippen LogP contribution < -0.4 is 5.32 Å². The predicted molar refractivity (Wildman–Crippen MR) is 73.8 cm³/mol. The van der Waals surface area contributed by atoms with Crippen LogP contribution in [0.5, 0.6) is 0 Å². The summed E-state index contributed by atoms with van der Waals surface area (Å²) < 4.78 is 0. The molecule has 1 atom stereocenters. The van der Waals surface area contributed by atoms with Crippen LogP contribution in [-0.4, -0.2) is 17.0 Å². The van der Waals surface area contributed by atoms with Crippen LogP contribution in [0.25, 0.3) is 0 Å². The van der Waals surface area contributed by atoms with Crippen molar-refractivity contribution in [1.29, 1.82) is 5.26 Å². The Labute approximate surface area is 110 Å². The number of rotatable bonds is 2. The molecule has 1 heterocycles. The van der Waals surface area contributed by atoms with Gasteiger partial charge in [-0.3, -0.25) is 4.99 Å². The molecular formula is C12H12ClN3S. The highest BCUT2D eigenvalue weighted by molar-refractivity contribution is 8.14. The number of nitrogens with zero attached hydrogens (tertiary/aromatic N) is 2. The Balaban J connectivity index is 2.12. The second-order valence-electron chi connectivity index (χ2n) is 3.74. The van der Waals surface area contributed by atoms with Crippen molar-refractivity contribution in [1.82, 2.24) is 0 Å². The summed E-state index contributed by atoms with van der Waals surface area (Å²) in [4.78, 5) is 4.53. The molecular weight excluding hydrogens is 254 g/mol. The molecule has 0 aromatic heterocycles. The Morgan fingerprint density at radius 1 is 1.65 bits per heavy atom. The SMILES string of the molecule is CCC1CSC(Nc2ccc(C#N)cc2Cl)=N1. The molecule has 0 fully saturated rings. The fourth-order valence-corrected chi connectivity index (χ4v) is 2.79. The molecule has 3 nitrogen and oxygen atoms in total. The number of thioether (sulfide) groups is 1. The molecule has 1 aromatic carbocycles. The van der Waals surface area contributed by atoms with E-state index in [0.717, 1.165) is 23.0 Å². The van der Waals surface area contributed by atoms with Crippen LogP contribution in [0.1, 0.15) is 18.9 Å². The summed E-state index contributed by atoms with van der Waals surface area (Å²) in [5.74, 6) is 1.02. The van der Waals surface area contributed by atoms with Crippen molar-refractivity contribution in [3.8, 4) is 6.07 Å². The van der Waals surface area contributed by atoms with E-state index < -0.39 is 0 Å². The summed E-state index contributed by atoms with van der Waals surface area (Å²) in [6.07, 6.45) is 1.05. The fourth-order valence-electron chi connectivity index (χ4n) is 1.49. The van der Waals surface area contributed by atoms with Gasteiger partial charge in [-0.05, 0) is 24.6 Å². The first-order chi connectivity index (χ1) is 8.22. The van der Waals surface area contributed by atoms with Gasteiger partial charge in [-0.15, -0.1) is 0 Å². The monoisotopic (exact) mass is 265 g/mol. The van der Waals surface area contributed by atoms with Crippen molar-refractivity contribution in [2.45, 2.75) is 19.4 Å². The van der Waals surface area contributed by atoms with Gasteiger partial charge in [-0.25, -0.2) is 0 Å². The largest absolute Gasteiger partial charge is 0.334 e. The average Bonchev–Trinajstić information content (AvgIpc) is 2.79. The molecule has 1 aliphatic heterocycles. The van der Waals surface area contributed by atoms with E-state index in [1.165, 1.54) is 0 Å². The highest BCUT2D eigenvalue weighted by Gasteiger charge is 2.17. The van der Waals surface area contributed by atoms with Crippen LogP contribution in [0.15, 0.2) is 23.2 Å². The van der Waals surface area contributed by atoms with E-state index in [1.807, 2.05) is 6.07 Å². The normalized spacial score (nSPS) is 18.6. The first-order valence-electron chi connectivity index (χ1n) is 5.40. The molecule has 0 saturated heterocycles. The van der Waals surface area contributed by atoms with Gasteiger partial charge >= 0.3 is 0 Å². The smallest absolute Gasteiger partial charge is 0.161 e. The molecule has 1 aromatic rings. The molecule has 17 heavy (non-hydrogen) atoms. The summed E-state index contributed by atoms with van der Waals surface area (Å²) in [5.41, 5.74) is 1.36. The van der Waals surface area contributed by atoms with Crippen LogP contribution in [0.2, 0.25) is 5.02 Å². The van der Waals surface area contributed by atoms with E-state index in [9.17, 15) is 0 Å². The Hall–Kier alpha value is -1.18. The maximum atomic E-state index is 8.75. The van der Waals surface area contributed by atoms with E-state index >= 15 is 0 Å². The molecule has 0 spiro atoms. The lowest BCUT2D eigenvalue weighted by Crippen LogP contribution is -2.05. The number of nitriles is 1. The molecule has 5 heteroatoms. The van der Waals surface area contributed by atoms with Gasteiger partial charge in [0.15, 0.2) is 5.17 Å². The Bertz CT molecular complexity index is 493. The molecule has 1 N–H and O–H groups in total. The van der Waals surface area contributed by atoms with Gasteiger partial charge in [-0.2, -0.15) is 5.26 Å². The third kappa shape index (κ3) is 2.93. The van der Waals surface area contributed by atoms with Gasteiger partial charge in [0.2, 0.25) is 0 Å². The van der Waals surface area contributed by atoms with Crippen LogP contribution in [0, 0.1) is 11.3 Å². The zero-order chi connectivity index (χ0) is 12.3. The lowest BCUT2D eigenvalue weighted by molar-refractivity contribution is 0.738. The van der Waals surface area contributed by atoms with E-state index in [4.69, 9.17) is 16.9 Å². The van der Waals surface area contributed by atoms with E-state index in [1.54, 1.807) is 23.9 Å². The Morgan fingerprint density at radius 3 is 3.06 bits per heavy atom. The number of hydrogen-bond acceptors (Lipinski definition) is 4. The van der Waals surface area contributed by atoms with Crippen LogP contribution in [-0.2, 0) is 0 Å². The van der Waals surface area contributed by atoms with Crippen LogP contribution in [0.3, 0.4) is 0 Å². The number of hydrogen-bond donors (Lipinski definition) is 1. The Morgan fingerprint density at radius 2 is 2.47 bits per heavy atom. The minimum atomic E-state index is 0.402. The highest BCUT2D eigenvalue weighted by atomic mass is 35.5. The van der Waals surface area contributed by atoms with Crippen LogP contribution in [0.4, 0.5) is 5.69 Å². The quantitative estimate of drug-likeness (QED) is 0.890. The first kappa shape index (κ1) is 12.3. The number of aliphatic imine (C=N–C) groups is 1. The van der Waals surface area contributed by atoms with Gasteiger partial charge in [0.05, 0.1) is 28.4 Å². The average molecular weight is 266 g/mol. The summed E-state index contributed by atoms with van der Waals surface area (Å²) in [6.45, 7) is 2.13. The molecule has 0 aliphatic carbocycles. The van der Waals surface area contributed by atoms with E-state index in [2.05, 4.69) is 23.3 Å². The maximum absolute atomic E-state index is 8.75. The maximum Gasteiger partial charge on any atom is 0.161 e. The summed E-state index contributed by atoms with van der Waals surface area (Å²) in [6, 6.07) is 7.66. The molecule has 2 rings (SSSR count). The van der Waals surface area contributed by atoms with Crippen molar-refractivity contribution >= 4 is 34.2 Å². The van der Waals surface area contributed by atoms with Crippen molar-refractivity contribution < 1.29 is 0 Å². The van der Waals surface area contributed by atoms with Crippen molar-refractivity contribution in [2.75, 3.05) is 11.1 Å². The number of anilines is 1. The molecule has 0 bridgehead atoms. The minimum Gasteiger partial charge on any atom is -0.334 e. The third-order valence-corrected chi connectivity index (χ3v) is 3.87. The van der Waals surface area contributed by atoms with Gasteiger partial charge in [0.1, 0.15) is 0 Å². The van der Waals surface area contributed by atoms with Crippen LogP contribution >= 0.6 is 23.4 Å². The standard InChI is InChI=1S/C12H12ClN3S/c1-2-9-7-17-12(15-9)16-11-4-3-8(6-14)5-10(11)13/h3-5,9H,2,7H2,1H3,(H,15,16). The zero-order valence-electron chi connectivity index (χ0n) is 9.40. The van der Waals surface area contributed by atoms with Gasteiger partial charge in [-0.1, -0.05) is 30.3 Å². The molecule has 0 radical (unpaired) electrons. The lowest BCUT2D eigenvalue weighted by Gasteiger charge is -2.07. The number of halogens is 1. The van der Waals surface area contributed by atoms with E-state index in [-0.39, 0.29) is 0 Å². The summed E-state index contributed by atoms with van der Waals surface area (Å²) in [5, 5.41) is 13.4. The molecule has 1 unspecified atom stereocenters. The van der Waals surface area contributed by atoms with Crippen molar-refractivity contribution in [2.24, 2.45) is 4.99 Å². The van der Waals surface area contributed by atoms with Crippen molar-refractivity contribution in [3.63, 3.8) is 0 Å². The Kier molecular flexibility index (Phi) is 3.93. The second kappa shape index (κ2) is 5.44. The second-order valence-corrected chi connectivity index (χ2v) is 5.15. The first-order valence-corrected chi connectivity index (χ1v) is 6.76. The van der Waals surface area contributed by atoms with Gasteiger partial charge in [0, 0.05) is 5.75 Å². The number of nitrogens with one attached hydrogen (secondary N) is 1. The predicted octanol–water partition coefficient (Wildman–Crippen LogP) is 3.50. The summed E-state index contributed by atoms with van der Waals surface area (Å²) in [7, 11) is 0.